The number of hydrogen-bond acceptors (Lipinski definition) is 4. The second-order valence-electron chi connectivity index (χ2n) is 7.47. The van der Waals surface area contributed by atoms with Crippen LogP contribution in [0.3, 0.4) is 0 Å². The molecule has 0 fully saturated rings. The Morgan fingerprint density at radius 3 is 2.87 bits per heavy atom. The zero-order valence-corrected chi connectivity index (χ0v) is 19.7. The molecule has 0 saturated heterocycles. The van der Waals surface area contributed by atoms with Gasteiger partial charge in [-0.1, -0.05) is 30.3 Å². The molecule has 1 aromatic carbocycles. The SMILES string of the molecule is Cc1nc2n(n1)CC(NC(=NCCc1ccco1)NC(C)c1ccccc1)CC2.I. The van der Waals surface area contributed by atoms with E-state index in [9.17, 15) is 0 Å². The van der Waals surface area contributed by atoms with Crippen LogP contribution in [0.1, 0.15) is 42.4 Å². The van der Waals surface area contributed by atoms with Gasteiger partial charge in [-0.25, -0.2) is 9.67 Å². The van der Waals surface area contributed by atoms with Crippen molar-refractivity contribution in [1.82, 2.24) is 25.4 Å². The van der Waals surface area contributed by atoms with Gasteiger partial charge in [-0.15, -0.1) is 24.0 Å². The molecule has 30 heavy (non-hydrogen) atoms. The highest BCUT2D eigenvalue weighted by Gasteiger charge is 2.22. The normalized spacial score (nSPS) is 17.0. The molecule has 1 aliphatic rings. The highest BCUT2D eigenvalue weighted by molar-refractivity contribution is 14.0. The summed E-state index contributed by atoms with van der Waals surface area (Å²) in [7, 11) is 0. The van der Waals surface area contributed by atoms with Gasteiger partial charge in [0, 0.05) is 25.4 Å². The Morgan fingerprint density at radius 1 is 1.27 bits per heavy atom. The highest BCUT2D eigenvalue weighted by atomic mass is 127. The summed E-state index contributed by atoms with van der Waals surface area (Å²) in [5, 5.41) is 11.7. The van der Waals surface area contributed by atoms with E-state index >= 15 is 0 Å². The Kier molecular flexibility index (Phi) is 7.89. The van der Waals surface area contributed by atoms with Crippen molar-refractivity contribution in [3.05, 3.63) is 71.7 Å². The van der Waals surface area contributed by atoms with Gasteiger partial charge in [-0.2, -0.15) is 5.10 Å². The first-order valence-corrected chi connectivity index (χ1v) is 10.2. The van der Waals surface area contributed by atoms with Crippen LogP contribution in [0.5, 0.6) is 0 Å². The summed E-state index contributed by atoms with van der Waals surface area (Å²) in [6, 6.07) is 14.7. The first-order chi connectivity index (χ1) is 14.2. The Balaban J connectivity index is 0.00000256. The lowest BCUT2D eigenvalue weighted by Gasteiger charge is -2.27. The van der Waals surface area contributed by atoms with Gasteiger partial charge in [0.1, 0.15) is 17.4 Å². The molecule has 0 saturated carbocycles. The van der Waals surface area contributed by atoms with E-state index in [-0.39, 0.29) is 36.1 Å². The van der Waals surface area contributed by atoms with Gasteiger partial charge in [-0.3, -0.25) is 4.99 Å². The molecule has 4 rings (SSSR count). The lowest BCUT2D eigenvalue weighted by molar-refractivity contribution is 0.391. The van der Waals surface area contributed by atoms with Crippen LogP contribution in [0, 0.1) is 6.92 Å². The van der Waals surface area contributed by atoms with Crippen LogP contribution < -0.4 is 10.6 Å². The Labute approximate surface area is 194 Å². The third-order valence-electron chi connectivity index (χ3n) is 5.17. The Bertz CT molecular complexity index is 938. The molecule has 0 amide bonds. The van der Waals surface area contributed by atoms with Crippen LogP contribution in [-0.2, 0) is 19.4 Å². The van der Waals surface area contributed by atoms with E-state index in [1.165, 1.54) is 5.56 Å². The summed E-state index contributed by atoms with van der Waals surface area (Å²) in [4.78, 5) is 9.31. The monoisotopic (exact) mass is 520 g/mol. The van der Waals surface area contributed by atoms with E-state index < -0.39 is 0 Å². The number of benzene rings is 1. The number of nitrogens with one attached hydrogen (secondary N) is 2. The molecular formula is C22H29IN6O. The van der Waals surface area contributed by atoms with Gasteiger partial charge in [0.15, 0.2) is 5.96 Å². The maximum Gasteiger partial charge on any atom is 0.192 e. The van der Waals surface area contributed by atoms with Crippen molar-refractivity contribution < 1.29 is 4.42 Å². The summed E-state index contributed by atoms with van der Waals surface area (Å²) < 4.78 is 7.44. The minimum absolute atomic E-state index is 0. The van der Waals surface area contributed by atoms with Gasteiger partial charge < -0.3 is 15.1 Å². The van der Waals surface area contributed by atoms with Crippen molar-refractivity contribution in [3.8, 4) is 0 Å². The fraction of sp³-hybridized carbons (Fsp3) is 0.409. The molecule has 0 aliphatic carbocycles. The zero-order valence-electron chi connectivity index (χ0n) is 17.4. The molecule has 0 spiro atoms. The summed E-state index contributed by atoms with van der Waals surface area (Å²) >= 11 is 0. The predicted octanol–water partition coefficient (Wildman–Crippen LogP) is 3.65. The van der Waals surface area contributed by atoms with Crippen molar-refractivity contribution in [2.45, 2.75) is 51.7 Å². The predicted molar refractivity (Wildman–Crippen MR) is 128 cm³/mol. The van der Waals surface area contributed by atoms with Crippen LogP contribution in [0.25, 0.3) is 0 Å². The minimum atomic E-state index is 0. The molecule has 1 aliphatic heterocycles. The molecule has 3 aromatic rings. The topological polar surface area (TPSA) is 80.3 Å². The van der Waals surface area contributed by atoms with Crippen molar-refractivity contribution in [3.63, 3.8) is 0 Å². The molecule has 2 aromatic heterocycles. The first-order valence-electron chi connectivity index (χ1n) is 10.2. The third-order valence-corrected chi connectivity index (χ3v) is 5.17. The van der Waals surface area contributed by atoms with Crippen LogP contribution >= 0.6 is 24.0 Å². The number of furan rings is 1. The van der Waals surface area contributed by atoms with Gasteiger partial charge in [0.2, 0.25) is 0 Å². The maximum atomic E-state index is 5.43. The van der Waals surface area contributed by atoms with Gasteiger partial charge in [-0.05, 0) is 38.0 Å². The molecule has 160 valence electrons. The minimum Gasteiger partial charge on any atom is -0.469 e. The van der Waals surface area contributed by atoms with Crippen LogP contribution in [0.15, 0.2) is 58.1 Å². The first kappa shape index (κ1) is 22.3. The lowest BCUT2D eigenvalue weighted by Crippen LogP contribution is -2.47. The van der Waals surface area contributed by atoms with E-state index in [1.54, 1.807) is 6.26 Å². The van der Waals surface area contributed by atoms with E-state index in [0.717, 1.165) is 49.2 Å². The van der Waals surface area contributed by atoms with Crippen LogP contribution in [0.4, 0.5) is 0 Å². The number of aromatic nitrogens is 3. The van der Waals surface area contributed by atoms with Crippen LogP contribution in [0.2, 0.25) is 0 Å². The van der Waals surface area contributed by atoms with Crippen molar-refractivity contribution in [2.75, 3.05) is 6.54 Å². The fourth-order valence-corrected chi connectivity index (χ4v) is 3.64. The number of nitrogens with zero attached hydrogens (tertiary/aromatic N) is 4. The summed E-state index contributed by atoms with van der Waals surface area (Å²) in [5.41, 5.74) is 1.23. The van der Waals surface area contributed by atoms with E-state index in [4.69, 9.17) is 9.41 Å². The second-order valence-corrected chi connectivity index (χ2v) is 7.47. The van der Waals surface area contributed by atoms with E-state index in [1.807, 2.05) is 29.8 Å². The van der Waals surface area contributed by atoms with Crippen LogP contribution in [-0.4, -0.2) is 33.3 Å². The van der Waals surface area contributed by atoms with E-state index in [2.05, 4.69) is 51.9 Å². The highest BCUT2D eigenvalue weighted by Crippen LogP contribution is 2.14. The van der Waals surface area contributed by atoms with E-state index in [0.29, 0.717) is 6.54 Å². The Morgan fingerprint density at radius 2 is 2.10 bits per heavy atom. The average Bonchev–Trinajstić information content (AvgIpc) is 3.37. The Hall–Kier alpha value is -2.36. The molecule has 8 heteroatoms. The maximum absolute atomic E-state index is 5.43. The van der Waals surface area contributed by atoms with Gasteiger partial charge in [0.05, 0.1) is 18.8 Å². The number of aliphatic imine (C=N–C) groups is 1. The molecule has 7 nitrogen and oxygen atoms in total. The smallest absolute Gasteiger partial charge is 0.192 e. The quantitative estimate of drug-likeness (QED) is 0.295. The molecule has 3 heterocycles. The number of hydrogen-bond donors (Lipinski definition) is 2. The second kappa shape index (κ2) is 10.6. The summed E-state index contributed by atoms with van der Waals surface area (Å²) in [5.74, 6) is 3.68. The molecule has 0 radical (unpaired) electrons. The fourth-order valence-electron chi connectivity index (χ4n) is 3.64. The molecular weight excluding hydrogens is 491 g/mol. The largest absolute Gasteiger partial charge is 0.469 e. The standard InChI is InChI=1S/C22H28N6O.HI/c1-16(18-7-4-3-5-8-18)24-22(23-13-12-20-9-6-14-29-20)26-19-10-11-21-25-17(2)27-28(21)15-19;/h3-9,14,16,19H,10-13,15H2,1-2H3,(H2,23,24,26);1H. The average molecular weight is 520 g/mol. The van der Waals surface area contributed by atoms with Gasteiger partial charge >= 0.3 is 0 Å². The number of fused-ring (bicyclic) bond motifs is 1. The number of guanidine groups is 1. The lowest BCUT2D eigenvalue weighted by atomic mass is 10.1. The molecule has 2 unspecified atom stereocenters. The van der Waals surface area contributed by atoms with Gasteiger partial charge in [0.25, 0.3) is 0 Å². The van der Waals surface area contributed by atoms with Crippen molar-refractivity contribution in [2.24, 2.45) is 4.99 Å². The summed E-state index contributed by atoms with van der Waals surface area (Å²) in [6.45, 7) is 5.55. The number of aryl methyl sites for hydroxylation is 2. The number of rotatable bonds is 6. The molecule has 2 N–H and O–H groups in total. The zero-order chi connectivity index (χ0) is 20.1. The number of halogens is 1. The molecule has 2 atom stereocenters. The molecule has 0 bridgehead atoms. The van der Waals surface area contributed by atoms with Crippen molar-refractivity contribution in [1.29, 1.82) is 0 Å². The van der Waals surface area contributed by atoms with Crippen molar-refractivity contribution >= 4 is 29.9 Å². The third kappa shape index (κ3) is 5.84. The summed E-state index contributed by atoms with van der Waals surface area (Å²) in [6.07, 6.45) is 4.41.